The van der Waals surface area contributed by atoms with Crippen LogP contribution in [0.15, 0.2) is 47.9 Å². The van der Waals surface area contributed by atoms with E-state index in [4.69, 9.17) is 4.98 Å². The van der Waals surface area contributed by atoms with Crippen molar-refractivity contribution in [3.8, 4) is 11.5 Å². The molecule has 0 bridgehead atoms. The zero-order chi connectivity index (χ0) is 20.0. The van der Waals surface area contributed by atoms with Gasteiger partial charge in [0.05, 0.1) is 24.6 Å². The summed E-state index contributed by atoms with van der Waals surface area (Å²) in [7, 11) is 2.15. The van der Waals surface area contributed by atoms with Crippen molar-refractivity contribution in [1.82, 2.24) is 39.4 Å². The highest BCUT2D eigenvalue weighted by molar-refractivity contribution is 9.10. The van der Waals surface area contributed by atoms with Crippen LogP contribution in [-0.4, -0.2) is 65.6 Å². The molecule has 1 saturated heterocycles. The van der Waals surface area contributed by atoms with Crippen molar-refractivity contribution in [3.63, 3.8) is 0 Å². The SMILES string of the molecule is CC1C(c2cn[nH]c2)N(C)CCN1c1ccnc(-c2cnc3cnc(Br)cn23)n1. The Hall–Kier alpha value is -2.85. The molecule has 4 aromatic rings. The van der Waals surface area contributed by atoms with Crippen molar-refractivity contribution in [3.05, 3.63) is 53.4 Å². The standard InChI is InChI=1S/C19H20BrN9/c1-12-18(13-7-24-25-8-13)27(2)5-6-28(12)16-3-4-21-19(26-16)14-9-23-17-10-22-15(20)11-29(14)17/h3-4,7-12,18H,5-6H2,1-2H3,(H,24,25). The number of hydrogen-bond donors (Lipinski definition) is 1. The topological polar surface area (TPSA) is 91.1 Å². The number of nitrogens with one attached hydrogen (secondary N) is 1. The van der Waals surface area contributed by atoms with E-state index < -0.39 is 0 Å². The zero-order valence-corrected chi connectivity index (χ0v) is 17.7. The van der Waals surface area contributed by atoms with Gasteiger partial charge in [0.15, 0.2) is 11.5 Å². The van der Waals surface area contributed by atoms with E-state index in [9.17, 15) is 0 Å². The summed E-state index contributed by atoms with van der Waals surface area (Å²) in [5.41, 5.74) is 2.77. The number of hydrogen-bond acceptors (Lipinski definition) is 7. The summed E-state index contributed by atoms with van der Waals surface area (Å²) in [6, 6.07) is 2.44. The second-order valence-electron chi connectivity index (χ2n) is 7.21. The number of aromatic nitrogens is 7. The molecule has 2 atom stereocenters. The quantitative estimate of drug-likeness (QED) is 0.509. The van der Waals surface area contributed by atoms with Crippen LogP contribution in [0.5, 0.6) is 0 Å². The fourth-order valence-corrected chi connectivity index (χ4v) is 4.40. The average molecular weight is 454 g/mol. The summed E-state index contributed by atoms with van der Waals surface area (Å²) in [5.74, 6) is 1.55. The van der Waals surface area contributed by atoms with Gasteiger partial charge in [-0.05, 0) is 36.0 Å². The molecular formula is C19H20BrN9. The first-order valence-corrected chi connectivity index (χ1v) is 10.2. The number of nitrogens with zero attached hydrogens (tertiary/aromatic N) is 8. The van der Waals surface area contributed by atoms with Crippen molar-refractivity contribution in [2.75, 3.05) is 25.0 Å². The Kier molecular flexibility index (Phi) is 4.51. The zero-order valence-electron chi connectivity index (χ0n) is 16.1. The highest BCUT2D eigenvalue weighted by Gasteiger charge is 2.34. The van der Waals surface area contributed by atoms with Crippen LogP contribution >= 0.6 is 15.9 Å². The minimum atomic E-state index is 0.231. The van der Waals surface area contributed by atoms with Gasteiger partial charge in [0.2, 0.25) is 0 Å². The Labute approximate surface area is 176 Å². The van der Waals surface area contributed by atoms with Crippen LogP contribution < -0.4 is 4.90 Å². The van der Waals surface area contributed by atoms with Crippen LogP contribution in [-0.2, 0) is 0 Å². The third-order valence-electron chi connectivity index (χ3n) is 5.51. The number of likely N-dealkylation sites (N-methyl/N-ethyl adjacent to an activating group) is 1. The van der Waals surface area contributed by atoms with Gasteiger partial charge in [-0.15, -0.1) is 0 Å². The summed E-state index contributed by atoms with van der Waals surface area (Å²) in [4.78, 5) is 22.7. The first kappa shape index (κ1) is 18.2. The molecule has 10 heteroatoms. The van der Waals surface area contributed by atoms with E-state index in [0.29, 0.717) is 5.82 Å². The van der Waals surface area contributed by atoms with Gasteiger partial charge < -0.3 is 4.90 Å². The van der Waals surface area contributed by atoms with Crippen LogP contribution in [0.25, 0.3) is 17.2 Å². The third kappa shape index (κ3) is 3.18. The van der Waals surface area contributed by atoms with Crippen LogP contribution in [0.2, 0.25) is 0 Å². The Morgan fingerprint density at radius 1 is 1.14 bits per heavy atom. The van der Waals surface area contributed by atoms with E-state index in [2.05, 4.69) is 64.9 Å². The second kappa shape index (κ2) is 7.20. The Balaban J connectivity index is 1.51. The molecule has 5 heterocycles. The number of imidazole rings is 1. The molecule has 0 amide bonds. The maximum absolute atomic E-state index is 4.89. The molecular weight excluding hydrogens is 434 g/mol. The molecule has 1 fully saturated rings. The number of H-pyrrole nitrogens is 1. The number of piperazine rings is 1. The summed E-state index contributed by atoms with van der Waals surface area (Å²) in [6.07, 6.45) is 11.1. The monoisotopic (exact) mass is 453 g/mol. The minimum Gasteiger partial charge on any atom is -0.351 e. The van der Waals surface area contributed by atoms with Crippen molar-refractivity contribution >= 4 is 27.4 Å². The van der Waals surface area contributed by atoms with Crippen molar-refractivity contribution < 1.29 is 0 Å². The van der Waals surface area contributed by atoms with Crippen LogP contribution in [0, 0.1) is 0 Å². The normalized spacial score (nSPS) is 20.4. The maximum atomic E-state index is 4.89. The molecule has 0 spiro atoms. The van der Waals surface area contributed by atoms with Crippen molar-refractivity contribution in [2.45, 2.75) is 19.0 Å². The fourth-order valence-electron chi connectivity index (χ4n) is 4.09. The Bertz CT molecular complexity index is 1140. The van der Waals surface area contributed by atoms with Crippen molar-refractivity contribution in [2.24, 2.45) is 0 Å². The fraction of sp³-hybridized carbons (Fsp3) is 0.316. The second-order valence-corrected chi connectivity index (χ2v) is 8.02. The number of aromatic amines is 1. The van der Waals surface area contributed by atoms with E-state index in [1.165, 1.54) is 5.56 Å². The lowest BCUT2D eigenvalue weighted by Gasteiger charge is -2.45. The number of fused-ring (bicyclic) bond motifs is 1. The molecule has 1 aliphatic heterocycles. The predicted molar refractivity (Wildman–Crippen MR) is 112 cm³/mol. The highest BCUT2D eigenvalue weighted by atomic mass is 79.9. The van der Waals surface area contributed by atoms with Crippen LogP contribution in [0.4, 0.5) is 5.82 Å². The maximum Gasteiger partial charge on any atom is 0.180 e. The molecule has 0 radical (unpaired) electrons. The van der Waals surface area contributed by atoms with Gasteiger partial charge in [-0.1, -0.05) is 0 Å². The average Bonchev–Trinajstić information content (AvgIpc) is 3.38. The summed E-state index contributed by atoms with van der Waals surface area (Å²) < 4.78 is 2.67. The Morgan fingerprint density at radius 2 is 2.03 bits per heavy atom. The van der Waals surface area contributed by atoms with Crippen molar-refractivity contribution in [1.29, 1.82) is 0 Å². The highest BCUT2D eigenvalue weighted by Crippen LogP contribution is 2.32. The van der Waals surface area contributed by atoms with Gasteiger partial charge >= 0.3 is 0 Å². The summed E-state index contributed by atoms with van der Waals surface area (Å²) >= 11 is 3.42. The lowest BCUT2D eigenvalue weighted by atomic mass is 9.98. The molecule has 29 heavy (non-hydrogen) atoms. The molecule has 0 aliphatic carbocycles. The van der Waals surface area contributed by atoms with Gasteiger partial charge in [0.1, 0.15) is 16.1 Å². The minimum absolute atomic E-state index is 0.231. The van der Waals surface area contributed by atoms with Crippen LogP contribution in [0.3, 0.4) is 0 Å². The molecule has 4 aromatic heterocycles. The van der Waals surface area contributed by atoms with E-state index in [1.807, 2.05) is 35.3 Å². The predicted octanol–water partition coefficient (Wildman–Crippen LogP) is 2.55. The van der Waals surface area contributed by atoms with E-state index in [1.54, 1.807) is 12.4 Å². The molecule has 5 rings (SSSR count). The lowest BCUT2D eigenvalue weighted by molar-refractivity contribution is 0.182. The number of anilines is 1. The molecule has 1 aliphatic rings. The van der Waals surface area contributed by atoms with Gasteiger partial charge in [-0.25, -0.2) is 19.9 Å². The number of rotatable bonds is 3. The van der Waals surface area contributed by atoms with Gasteiger partial charge in [0.25, 0.3) is 0 Å². The van der Waals surface area contributed by atoms with Gasteiger partial charge in [-0.3, -0.25) is 14.4 Å². The molecule has 148 valence electrons. The lowest BCUT2D eigenvalue weighted by Crippen LogP contribution is -2.52. The van der Waals surface area contributed by atoms with E-state index in [-0.39, 0.29) is 12.1 Å². The van der Waals surface area contributed by atoms with E-state index in [0.717, 1.165) is 34.9 Å². The molecule has 0 aromatic carbocycles. The molecule has 2 unspecified atom stereocenters. The van der Waals surface area contributed by atoms with Gasteiger partial charge in [0, 0.05) is 43.3 Å². The molecule has 1 N–H and O–H groups in total. The summed E-state index contributed by atoms with van der Waals surface area (Å²) in [6.45, 7) is 4.06. The van der Waals surface area contributed by atoms with E-state index >= 15 is 0 Å². The van der Waals surface area contributed by atoms with Gasteiger partial charge in [-0.2, -0.15) is 5.10 Å². The Morgan fingerprint density at radius 3 is 2.86 bits per heavy atom. The number of halogens is 1. The largest absolute Gasteiger partial charge is 0.351 e. The molecule has 9 nitrogen and oxygen atoms in total. The van der Waals surface area contributed by atoms with Crippen LogP contribution in [0.1, 0.15) is 18.5 Å². The third-order valence-corrected chi connectivity index (χ3v) is 5.92. The first-order chi connectivity index (χ1) is 14.1. The summed E-state index contributed by atoms with van der Waals surface area (Å²) in [5, 5.41) is 7.07. The first-order valence-electron chi connectivity index (χ1n) is 9.39. The molecule has 0 saturated carbocycles. The smallest absolute Gasteiger partial charge is 0.180 e.